The lowest BCUT2D eigenvalue weighted by Gasteiger charge is -2.18. The van der Waals surface area contributed by atoms with Gasteiger partial charge >= 0.3 is 0 Å². The third-order valence-electron chi connectivity index (χ3n) is 1.97. The summed E-state index contributed by atoms with van der Waals surface area (Å²) in [5.41, 5.74) is 0. The molecule has 1 N–H and O–H groups in total. The summed E-state index contributed by atoms with van der Waals surface area (Å²) in [4.78, 5) is 3.17. The van der Waals surface area contributed by atoms with Crippen LogP contribution in [0, 0.1) is 5.41 Å². The largest absolute Gasteiger partial charge is 0.358 e. The second-order valence-electron chi connectivity index (χ2n) is 3.26. The molecule has 0 radical (unpaired) electrons. The van der Waals surface area contributed by atoms with Crippen molar-refractivity contribution in [2.24, 2.45) is 0 Å². The van der Waals surface area contributed by atoms with Gasteiger partial charge in [-0.25, -0.2) is 0 Å². The highest BCUT2D eigenvalue weighted by atomic mass is 35.5. The Morgan fingerprint density at radius 3 is 2.79 bits per heavy atom. The van der Waals surface area contributed by atoms with E-state index in [4.69, 9.17) is 17.0 Å². The zero-order valence-electron chi connectivity index (χ0n) is 8.51. The summed E-state index contributed by atoms with van der Waals surface area (Å²) in [6, 6.07) is 3.92. The summed E-state index contributed by atoms with van der Waals surface area (Å²) in [5, 5.41) is 7.75. The predicted molar refractivity (Wildman–Crippen MR) is 63.4 cm³/mol. The van der Waals surface area contributed by atoms with Crippen LogP contribution in [0.3, 0.4) is 0 Å². The molecule has 0 aliphatic rings. The average Bonchev–Trinajstić information content (AvgIpc) is 2.51. The fraction of sp³-hybridized carbons (Fsp3) is 0.500. The van der Waals surface area contributed by atoms with Crippen molar-refractivity contribution in [3.8, 4) is 0 Å². The van der Waals surface area contributed by atoms with Crippen molar-refractivity contribution in [3.63, 3.8) is 0 Å². The SMILES string of the molecule is CCCC(=N)N(C)Cc1ccc(Cl)s1. The topological polar surface area (TPSA) is 27.1 Å². The van der Waals surface area contributed by atoms with Gasteiger partial charge in [-0.15, -0.1) is 11.3 Å². The molecule has 0 amide bonds. The maximum atomic E-state index is 7.75. The molecule has 0 saturated heterocycles. The van der Waals surface area contributed by atoms with Crippen LogP contribution in [-0.2, 0) is 6.54 Å². The first-order valence-electron chi connectivity index (χ1n) is 4.66. The average molecular weight is 231 g/mol. The van der Waals surface area contributed by atoms with Gasteiger partial charge in [-0.3, -0.25) is 5.41 Å². The minimum absolute atomic E-state index is 0.692. The quantitative estimate of drug-likeness (QED) is 0.621. The van der Waals surface area contributed by atoms with Crippen LogP contribution in [0.5, 0.6) is 0 Å². The van der Waals surface area contributed by atoms with Crippen molar-refractivity contribution in [1.29, 1.82) is 5.41 Å². The number of hydrogen-bond acceptors (Lipinski definition) is 2. The molecule has 0 atom stereocenters. The maximum Gasteiger partial charge on any atom is 0.0958 e. The highest BCUT2D eigenvalue weighted by Gasteiger charge is 2.05. The number of thiophene rings is 1. The molecule has 0 unspecified atom stereocenters. The minimum atomic E-state index is 0.692. The minimum Gasteiger partial charge on any atom is -0.358 e. The van der Waals surface area contributed by atoms with Crippen molar-refractivity contribution >= 4 is 28.8 Å². The van der Waals surface area contributed by atoms with Crippen LogP contribution < -0.4 is 0 Å². The van der Waals surface area contributed by atoms with Crippen LogP contribution in [0.2, 0.25) is 4.34 Å². The summed E-state index contributed by atoms with van der Waals surface area (Å²) < 4.78 is 0.815. The molecular weight excluding hydrogens is 216 g/mol. The Morgan fingerprint density at radius 2 is 2.29 bits per heavy atom. The summed E-state index contributed by atoms with van der Waals surface area (Å²) >= 11 is 7.41. The monoisotopic (exact) mass is 230 g/mol. The van der Waals surface area contributed by atoms with Crippen LogP contribution in [0.4, 0.5) is 0 Å². The van der Waals surface area contributed by atoms with Gasteiger partial charge in [-0.05, 0) is 18.6 Å². The fourth-order valence-corrected chi connectivity index (χ4v) is 2.33. The Hall–Kier alpha value is -0.540. The number of halogens is 1. The molecule has 0 spiro atoms. The van der Waals surface area contributed by atoms with Crippen LogP contribution in [0.15, 0.2) is 12.1 Å². The highest BCUT2D eigenvalue weighted by molar-refractivity contribution is 7.16. The van der Waals surface area contributed by atoms with Gasteiger partial charge in [0.05, 0.1) is 16.7 Å². The molecule has 2 nitrogen and oxygen atoms in total. The summed E-state index contributed by atoms with van der Waals surface area (Å²) in [6.45, 7) is 2.88. The van der Waals surface area contributed by atoms with Crippen molar-refractivity contribution in [2.75, 3.05) is 7.05 Å². The molecule has 0 bridgehead atoms. The number of nitrogens with zero attached hydrogens (tertiary/aromatic N) is 1. The first-order valence-corrected chi connectivity index (χ1v) is 5.85. The van der Waals surface area contributed by atoms with Crippen LogP contribution in [-0.4, -0.2) is 17.8 Å². The van der Waals surface area contributed by atoms with Crippen molar-refractivity contribution in [1.82, 2.24) is 4.90 Å². The third-order valence-corrected chi connectivity index (χ3v) is 3.19. The molecule has 1 aromatic heterocycles. The fourth-order valence-electron chi connectivity index (χ4n) is 1.19. The van der Waals surface area contributed by atoms with E-state index in [1.165, 1.54) is 4.88 Å². The molecule has 14 heavy (non-hydrogen) atoms. The summed E-state index contributed by atoms with van der Waals surface area (Å²) in [7, 11) is 1.95. The van der Waals surface area contributed by atoms with E-state index in [1.54, 1.807) is 11.3 Å². The van der Waals surface area contributed by atoms with Gasteiger partial charge < -0.3 is 4.90 Å². The lowest BCUT2D eigenvalue weighted by atomic mass is 10.3. The molecule has 0 saturated carbocycles. The van der Waals surface area contributed by atoms with E-state index in [9.17, 15) is 0 Å². The van der Waals surface area contributed by atoms with Gasteiger partial charge in [0.25, 0.3) is 0 Å². The second-order valence-corrected chi connectivity index (χ2v) is 5.06. The normalized spacial score (nSPS) is 10.2. The van der Waals surface area contributed by atoms with Gasteiger partial charge in [0.2, 0.25) is 0 Å². The van der Waals surface area contributed by atoms with Crippen LogP contribution in [0.1, 0.15) is 24.6 Å². The smallest absolute Gasteiger partial charge is 0.0958 e. The zero-order valence-corrected chi connectivity index (χ0v) is 10.1. The van der Waals surface area contributed by atoms with Crippen molar-refractivity contribution in [2.45, 2.75) is 26.3 Å². The Morgan fingerprint density at radius 1 is 1.57 bits per heavy atom. The number of amidine groups is 1. The number of nitrogens with one attached hydrogen (secondary N) is 1. The van der Waals surface area contributed by atoms with Gasteiger partial charge in [-0.1, -0.05) is 18.5 Å². The molecule has 4 heteroatoms. The van der Waals surface area contributed by atoms with Crippen molar-refractivity contribution in [3.05, 3.63) is 21.3 Å². The van der Waals surface area contributed by atoms with E-state index < -0.39 is 0 Å². The molecule has 0 aliphatic carbocycles. The molecule has 1 aromatic rings. The van der Waals surface area contributed by atoms with E-state index in [2.05, 4.69) is 6.92 Å². The van der Waals surface area contributed by atoms with E-state index in [0.717, 1.165) is 23.7 Å². The third kappa shape index (κ3) is 3.31. The molecule has 0 fully saturated rings. The Labute approximate surface area is 94.0 Å². The van der Waals surface area contributed by atoms with Gasteiger partial charge in [0, 0.05) is 18.3 Å². The molecular formula is C10H15ClN2S. The zero-order chi connectivity index (χ0) is 10.6. The van der Waals surface area contributed by atoms with Gasteiger partial charge in [-0.2, -0.15) is 0 Å². The van der Waals surface area contributed by atoms with Crippen LogP contribution >= 0.6 is 22.9 Å². The predicted octanol–water partition coefficient (Wildman–Crippen LogP) is 3.61. The Bertz CT molecular complexity index is 309. The highest BCUT2D eigenvalue weighted by Crippen LogP contribution is 2.22. The Balaban J connectivity index is 2.48. The van der Waals surface area contributed by atoms with Crippen LogP contribution in [0.25, 0.3) is 0 Å². The first-order chi connectivity index (χ1) is 6.63. The van der Waals surface area contributed by atoms with Crippen molar-refractivity contribution < 1.29 is 0 Å². The number of rotatable bonds is 4. The number of hydrogen-bond donors (Lipinski definition) is 1. The molecule has 1 heterocycles. The van der Waals surface area contributed by atoms with E-state index >= 15 is 0 Å². The first kappa shape index (κ1) is 11.5. The molecule has 0 aromatic carbocycles. The standard InChI is InChI=1S/C10H15ClN2S/c1-3-4-10(12)13(2)7-8-5-6-9(11)14-8/h5-6,12H,3-4,7H2,1-2H3. The lowest BCUT2D eigenvalue weighted by Crippen LogP contribution is -2.24. The van der Waals surface area contributed by atoms with E-state index in [0.29, 0.717) is 5.84 Å². The van der Waals surface area contributed by atoms with Gasteiger partial charge in [0.1, 0.15) is 0 Å². The van der Waals surface area contributed by atoms with E-state index in [1.807, 2.05) is 24.1 Å². The second kappa shape index (κ2) is 5.37. The molecule has 78 valence electrons. The summed E-state index contributed by atoms with van der Waals surface area (Å²) in [6.07, 6.45) is 1.87. The van der Waals surface area contributed by atoms with Gasteiger partial charge in [0.15, 0.2) is 0 Å². The Kier molecular flexibility index (Phi) is 4.42. The summed E-state index contributed by atoms with van der Waals surface area (Å²) in [5.74, 6) is 0.692. The molecule has 1 rings (SSSR count). The molecule has 0 aliphatic heterocycles. The van der Waals surface area contributed by atoms with E-state index in [-0.39, 0.29) is 0 Å². The maximum absolute atomic E-state index is 7.75. The lowest BCUT2D eigenvalue weighted by molar-refractivity contribution is 0.488.